The van der Waals surface area contributed by atoms with Crippen molar-refractivity contribution in [2.24, 2.45) is 0 Å². The average Bonchev–Trinajstić information content (AvgIpc) is 3.14. The summed E-state index contributed by atoms with van der Waals surface area (Å²) in [5.41, 5.74) is 3.38. The fourth-order valence-electron chi connectivity index (χ4n) is 3.57. The number of hydrogen-bond donors (Lipinski definition) is 1. The molecule has 0 atom stereocenters. The lowest BCUT2D eigenvalue weighted by Gasteiger charge is -2.12. The minimum absolute atomic E-state index is 0.0682. The maximum atomic E-state index is 12.5. The summed E-state index contributed by atoms with van der Waals surface area (Å²) in [4.78, 5) is 17.3. The predicted octanol–water partition coefficient (Wildman–Crippen LogP) is 4.81. The molecule has 164 valence electrons. The Balaban J connectivity index is 1.70. The molecule has 0 aliphatic rings. The van der Waals surface area contributed by atoms with Gasteiger partial charge in [0.1, 0.15) is 23.9 Å². The molecule has 0 saturated carbocycles. The van der Waals surface area contributed by atoms with E-state index in [2.05, 4.69) is 16.0 Å². The highest BCUT2D eigenvalue weighted by Gasteiger charge is 2.15. The molecule has 3 aromatic carbocycles. The number of benzene rings is 3. The molecule has 4 aromatic rings. The molecule has 6 nitrogen and oxygen atoms in total. The number of amides is 1. The second-order valence-electron chi connectivity index (χ2n) is 7.90. The van der Waals surface area contributed by atoms with Crippen LogP contribution in [0.4, 0.5) is 0 Å². The SMILES string of the molecule is COc1cccc(Cn2c(COc3ccccc3)nc3cc(C(=O)NC(C)C)ccc32)c1. The largest absolute Gasteiger partial charge is 0.497 e. The maximum Gasteiger partial charge on any atom is 0.251 e. The first-order valence-corrected chi connectivity index (χ1v) is 10.6. The van der Waals surface area contributed by atoms with Crippen LogP contribution < -0.4 is 14.8 Å². The summed E-state index contributed by atoms with van der Waals surface area (Å²) in [5.74, 6) is 2.27. The van der Waals surface area contributed by atoms with Crippen LogP contribution in [0.2, 0.25) is 0 Å². The lowest BCUT2D eigenvalue weighted by molar-refractivity contribution is 0.0943. The standard InChI is InChI=1S/C26H27N3O3/c1-18(2)27-26(30)20-12-13-24-23(15-20)28-25(17-32-21-9-5-4-6-10-21)29(24)16-19-8-7-11-22(14-19)31-3/h4-15,18H,16-17H2,1-3H3,(H,27,30). The number of nitrogens with zero attached hydrogens (tertiary/aromatic N) is 2. The van der Waals surface area contributed by atoms with E-state index in [-0.39, 0.29) is 11.9 Å². The second-order valence-corrected chi connectivity index (χ2v) is 7.90. The van der Waals surface area contributed by atoms with Crippen molar-refractivity contribution in [3.8, 4) is 11.5 Å². The van der Waals surface area contributed by atoms with Gasteiger partial charge in [0.25, 0.3) is 5.91 Å². The molecular weight excluding hydrogens is 402 g/mol. The van der Waals surface area contributed by atoms with Gasteiger partial charge >= 0.3 is 0 Å². The van der Waals surface area contributed by atoms with Crippen LogP contribution in [0.15, 0.2) is 72.8 Å². The Labute approximate surface area is 187 Å². The van der Waals surface area contributed by atoms with E-state index in [9.17, 15) is 4.79 Å². The molecule has 4 rings (SSSR count). The molecule has 1 aromatic heterocycles. The zero-order valence-electron chi connectivity index (χ0n) is 18.5. The fraction of sp³-hybridized carbons (Fsp3) is 0.231. The van der Waals surface area contributed by atoms with E-state index >= 15 is 0 Å². The van der Waals surface area contributed by atoms with Gasteiger partial charge in [0.2, 0.25) is 0 Å². The van der Waals surface area contributed by atoms with Gasteiger partial charge < -0.3 is 19.4 Å². The van der Waals surface area contributed by atoms with E-state index in [4.69, 9.17) is 14.5 Å². The van der Waals surface area contributed by atoms with Crippen molar-refractivity contribution < 1.29 is 14.3 Å². The first kappa shape index (κ1) is 21.4. The first-order chi connectivity index (χ1) is 15.5. The van der Waals surface area contributed by atoms with Crippen LogP contribution in [0, 0.1) is 0 Å². The van der Waals surface area contributed by atoms with Crippen molar-refractivity contribution >= 4 is 16.9 Å². The molecular formula is C26H27N3O3. The zero-order valence-corrected chi connectivity index (χ0v) is 18.5. The molecule has 0 aliphatic carbocycles. The number of para-hydroxylation sites is 1. The van der Waals surface area contributed by atoms with Crippen LogP contribution in [0.25, 0.3) is 11.0 Å². The van der Waals surface area contributed by atoms with Crippen LogP contribution in [0.5, 0.6) is 11.5 Å². The number of ether oxygens (including phenoxy) is 2. The van der Waals surface area contributed by atoms with Crippen molar-refractivity contribution in [2.75, 3.05) is 7.11 Å². The van der Waals surface area contributed by atoms with Gasteiger partial charge in [0.15, 0.2) is 0 Å². The number of aromatic nitrogens is 2. The fourth-order valence-corrected chi connectivity index (χ4v) is 3.57. The van der Waals surface area contributed by atoms with E-state index in [0.29, 0.717) is 18.7 Å². The number of rotatable bonds is 8. The number of carbonyl (C=O) groups excluding carboxylic acids is 1. The Bertz CT molecular complexity index is 1220. The van der Waals surface area contributed by atoms with Crippen LogP contribution in [-0.4, -0.2) is 28.6 Å². The highest BCUT2D eigenvalue weighted by molar-refractivity contribution is 5.97. The smallest absolute Gasteiger partial charge is 0.251 e. The summed E-state index contributed by atoms with van der Waals surface area (Å²) in [6, 6.07) is 23.3. The quantitative estimate of drug-likeness (QED) is 0.437. The molecule has 0 aliphatic heterocycles. The topological polar surface area (TPSA) is 65.4 Å². The Morgan fingerprint density at radius 3 is 2.53 bits per heavy atom. The van der Waals surface area contributed by atoms with Gasteiger partial charge in [-0.3, -0.25) is 4.79 Å². The third-order valence-electron chi connectivity index (χ3n) is 5.10. The Morgan fingerprint density at radius 1 is 1.00 bits per heavy atom. The first-order valence-electron chi connectivity index (χ1n) is 10.6. The minimum atomic E-state index is -0.105. The second kappa shape index (κ2) is 9.56. The number of carbonyl (C=O) groups is 1. The van der Waals surface area contributed by atoms with Crippen molar-refractivity contribution in [2.45, 2.75) is 33.0 Å². The summed E-state index contributed by atoms with van der Waals surface area (Å²) in [7, 11) is 1.66. The number of hydrogen-bond acceptors (Lipinski definition) is 4. The minimum Gasteiger partial charge on any atom is -0.497 e. The molecule has 1 amide bonds. The molecule has 1 N–H and O–H groups in total. The Morgan fingerprint density at radius 2 is 1.78 bits per heavy atom. The van der Waals surface area contributed by atoms with Crippen LogP contribution in [0.3, 0.4) is 0 Å². The number of methoxy groups -OCH3 is 1. The lowest BCUT2D eigenvalue weighted by Crippen LogP contribution is -2.29. The van der Waals surface area contributed by atoms with Crippen LogP contribution in [-0.2, 0) is 13.2 Å². The Hall–Kier alpha value is -3.80. The highest BCUT2D eigenvalue weighted by Crippen LogP contribution is 2.23. The summed E-state index contributed by atoms with van der Waals surface area (Å²) in [6.07, 6.45) is 0. The number of fused-ring (bicyclic) bond motifs is 1. The van der Waals surface area contributed by atoms with Crippen molar-refractivity contribution in [3.05, 3.63) is 89.7 Å². The molecule has 0 saturated heterocycles. The van der Waals surface area contributed by atoms with E-state index in [1.54, 1.807) is 7.11 Å². The van der Waals surface area contributed by atoms with Gasteiger partial charge in [0.05, 0.1) is 18.1 Å². The molecule has 0 unspecified atom stereocenters. The number of imidazole rings is 1. The van der Waals surface area contributed by atoms with Crippen molar-refractivity contribution in [1.82, 2.24) is 14.9 Å². The van der Waals surface area contributed by atoms with E-state index < -0.39 is 0 Å². The molecule has 0 radical (unpaired) electrons. The molecule has 32 heavy (non-hydrogen) atoms. The zero-order chi connectivity index (χ0) is 22.5. The summed E-state index contributed by atoms with van der Waals surface area (Å²) in [6.45, 7) is 4.81. The summed E-state index contributed by atoms with van der Waals surface area (Å²) < 4.78 is 13.5. The van der Waals surface area contributed by atoms with Gasteiger partial charge in [-0.05, 0) is 61.9 Å². The van der Waals surface area contributed by atoms with Gasteiger partial charge in [-0.2, -0.15) is 0 Å². The van der Waals surface area contributed by atoms with Crippen molar-refractivity contribution in [3.63, 3.8) is 0 Å². The van der Waals surface area contributed by atoms with E-state index in [1.165, 1.54) is 0 Å². The van der Waals surface area contributed by atoms with E-state index in [1.807, 2.05) is 80.6 Å². The molecule has 0 spiro atoms. The lowest BCUT2D eigenvalue weighted by atomic mass is 10.1. The normalized spacial score (nSPS) is 11.0. The molecule has 0 fully saturated rings. The van der Waals surface area contributed by atoms with Gasteiger partial charge in [-0.25, -0.2) is 4.98 Å². The number of nitrogens with one attached hydrogen (secondary N) is 1. The van der Waals surface area contributed by atoms with Crippen LogP contribution >= 0.6 is 0 Å². The molecule has 0 bridgehead atoms. The molecule has 6 heteroatoms. The van der Waals surface area contributed by atoms with Crippen LogP contribution in [0.1, 0.15) is 35.6 Å². The van der Waals surface area contributed by atoms with Gasteiger partial charge in [0, 0.05) is 18.2 Å². The highest BCUT2D eigenvalue weighted by atomic mass is 16.5. The molecule has 1 heterocycles. The van der Waals surface area contributed by atoms with Gasteiger partial charge in [-0.15, -0.1) is 0 Å². The third kappa shape index (κ3) is 4.91. The van der Waals surface area contributed by atoms with Crippen molar-refractivity contribution in [1.29, 1.82) is 0 Å². The summed E-state index contributed by atoms with van der Waals surface area (Å²) >= 11 is 0. The Kier molecular flexibility index (Phi) is 6.40. The third-order valence-corrected chi connectivity index (χ3v) is 5.10. The maximum absolute atomic E-state index is 12.5. The van der Waals surface area contributed by atoms with E-state index in [0.717, 1.165) is 33.9 Å². The van der Waals surface area contributed by atoms with Gasteiger partial charge in [-0.1, -0.05) is 30.3 Å². The predicted molar refractivity (Wildman–Crippen MR) is 125 cm³/mol. The summed E-state index contributed by atoms with van der Waals surface area (Å²) in [5, 5.41) is 2.93. The average molecular weight is 430 g/mol. The monoisotopic (exact) mass is 429 g/mol.